The van der Waals surface area contributed by atoms with Crippen molar-refractivity contribution in [1.29, 1.82) is 0 Å². The van der Waals surface area contributed by atoms with Crippen LogP contribution in [0, 0.1) is 0 Å². The van der Waals surface area contributed by atoms with E-state index in [1.54, 1.807) is 0 Å². The van der Waals surface area contributed by atoms with Crippen LogP contribution in [0.15, 0.2) is 231 Å². The van der Waals surface area contributed by atoms with Gasteiger partial charge in [-0.2, -0.15) is 0 Å². The first-order valence-corrected chi connectivity index (χ1v) is 27.7. The summed E-state index contributed by atoms with van der Waals surface area (Å²) < 4.78 is 0. The zero-order chi connectivity index (χ0) is 50.5. The molecule has 0 heteroatoms. The Labute approximate surface area is 446 Å². The summed E-state index contributed by atoms with van der Waals surface area (Å²) in [6.45, 7) is 0. The third kappa shape index (κ3) is 5.29. The van der Waals surface area contributed by atoms with E-state index in [9.17, 15) is 0 Å². The van der Waals surface area contributed by atoms with E-state index >= 15 is 0 Å². The second kappa shape index (κ2) is 14.9. The predicted molar refractivity (Wildman–Crippen MR) is 341 cm³/mol. The van der Waals surface area contributed by atoms with Gasteiger partial charge in [-0.15, -0.1) is 0 Å². The van der Waals surface area contributed by atoms with Crippen molar-refractivity contribution in [1.82, 2.24) is 0 Å². The number of rotatable bonds is 0. The van der Waals surface area contributed by atoms with Crippen LogP contribution in [0.4, 0.5) is 0 Å². The van der Waals surface area contributed by atoms with Gasteiger partial charge in [0.05, 0.1) is 0 Å². The molecule has 0 amide bonds. The first-order valence-electron chi connectivity index (χ1n) is 27.7. The minimum absolute atomic E-state index is 1.03. The minimum Gasteiger partial charge on any atom is -0.0757 e. The fourth-order valence-corrected chi connectivity index (χ4v) is 15.3. The molecule has 0 aliphatic heterocycles. The Hall–Kier alpha value is -9.88. The second-order valence-electron chi connectivity index (χ2n) is 22.4. The van der Waals surface area contributed by atoms with Crippen molar-refractivity contribution in [2.75, 3.05) is 0 Å². The number of hydrogen-bond donors (Lipinski definition) is 0. The summed E-state index contributed by atoms with van der Waals surface area (Å²) in [5.74, 6) is 0. The average molecular weight is 981 g/mol. The first-order chi connectivity index (χ1) is 38.7. The van der Waals surface area contributed by atoms with E-state index in [1.807, 2.05) is 0 Å². The predicted octanol–water partition coefficient (Wildman–Crippen LogP) is 20.6. The van der Waals surface area contributed by atoms with Gasteiger partial charge in [-0.25, -0.2) is 0 Å². The number of benzene rings is 17. The van der Waals surface area contributed by atoms with Crippen LogP contribution >= 0.6 is 0 Å². The summed E-state index contributed by atoms with van der Waals surface area (Å²) in [6, 6.07) is 89.4. The highest BCUT2D eigenvalue weighted by Gasteiger charge is 2.21. The molecule has 356 valence electrons. The van der Waals surface area contributed by atoms with Crippen molar-refractivity contribution in [2.45, 2.75) is 12.8 Å². The second-order valence-corrected chi connectivity index (χ2v) is 22.4. The number of hydrogen-bond acceptors (Lipinski definition) is 0. The molecule has 24 bridgehead atoms. The molecule has 37 rings (SSSR count). The third-order valence-corrected chi connectivity index (χ3v) is 18.6. The van der Waals surface area contributed by atoms with Crippen LogP contribution in [0.2, 0.25) is 0 Å². The molecule has 0 saturated heterocycles. The lowest BCUT2D eigenvalue weighted by Crippen LogP contribution is -2.28. The molecule has 0 saturated carbocycles. The Kier molecular flexibility index (Phi) is 7.93. The van der Waals surface area contributed by atoms with Gasteiger partial charge in [0.2, 0.25) is 0 Å². The zero-order valence-corrected chi connectivity index (χ0v) is 42.5. The maximum atomic E-state index is 2.53. The molecule has 78 heavy (non-hydrogen) atoms. The van der Waals surface area contributed by atoms with Crippen LogP contribution < -0.4 is 10.4 Å². The normalized spacial score (nSPS) is 13.2. The standard InChI is InChI=1S/C78H44/c1-7-19-55-49(13-1)67-37-43-25-31-61(67)74-56-20-8-2-14-50(56)68-39-45(26-32-62(68)73(55)74)46-28-34-64-70(40-46)53-17-5-11-23-59(53)78-66-36-30-48(42-72(66)54-18-6-12-24-60(54)77(64)78)47-29-35-65-71(41-47)52-16-4-10-22-58(52)75-63-33-27-44(43)38-69(63)51-15-3-9-21-57(51)76(65)75/h1-5,7-11,13-42H,6,12H2. The highest BCUT2D eigenvalue weighted by atomic mass is 14.2. The van der Waals surface area contributed by atoms with E-state index in [-0.39, 0.29) is 0 Å². The van der Waals surface area contributed by atoms with Gasteiger partial charge in [0.15, 0.2) is 0 Å². The van der Waals surface area contributed by atoms with E-state index in [4.69, 9.17) is 0 Å². The third-order valence-electron chi connectivity index (χ3n) is 18.6. The van der Waals surface area contributed by atoms with Gasteiger partial charge in [0.1, 0.15) is 0 Å². The van der Waals surface area contributed by atoms with E-state index in [0.717, 1.165) is 12.8 Å². The van der Waals surface area contributed by atoms with Crippen LogP contribution in [0.5, 0.6) is 0 Å². The quantitative estimate of drug-likeness (QED) is 0.133. The molecule has 1 aliphatic carbocycles. The molecule has 0 fully saturated rings. The monoisotopic (exact) mass is 980 g/mol. The summed E-state index contributed by atoms with van der Waals surface area (Å²) in [6.07, 6.45) is 7.11. The summed E-state index contributed by atoms with van der Waals surface area (Å²) in [5.41, 5.74) is 0. The van der Waals surface area contributed by atoms with Crippen molar-refractivity contribution in [3.63, 3.8) is 0 Å². The van der Waals surface area contributed by atoms with Crippen molar-refractivity contribution in [2.24, 2.45) is 0 Å². The summed E-state index contributed by atoms with van der Waals surface area (Å²) in [7, 11) is 0. The van der Waals surface area contributed by atoms with Gasteiger partial charge >= 0.3 is 0 Å². The highest BCUT2D eigenvalue weighted by molar-refractivity contribution is 6.42. The van der Waals surface area contributed by atoms with Crippen molar-refractivity contribution in [3.05, 3.63) is 241 Å². The van der Waals surface area contributed by atoms with E-state index < -0.39 is 0 Å². The molecule has 0 spiro atoms. The minimum atomic E-state index is 1.03. The van der Waals surface area contributed by atoms with Crippen LogP contribution in [0.25, 0.3) is 195 Å². The summed E-state index contributed by atoms with van der Waals surface area (Å²) in [4.78, 5) is 0. The van der Waals surface area contributed by atoms with Gasteiger partial charge in [-0.1, -0.05) is 206 Å². The van der Waals surface area contributed by atoms with Crippen LogP contribution in [-0.2, 0) is 0 Å². The molecule has 0 nitrogen and oxygen atoms in total. The molecule has 1 aliphatic rings. The van der Waals surface area contributed by atoms with Crippen LogP contribution in [0.3, 0.4) is 0 Å². The Balaban J connectivity index is 1.06. The summed E-state index contributed by atoms with van der Waals surface area (Å²) >= 11 is 0. The smallest absolute Gasteiger partial charge is 0.00139 e. The highest BCUT2D eigenvalue weighted by Crippen LogP contribution is 2.48. The van der Waals surface area contributed by atoms with E-state index in [2.05, 4.69) is 243 Å². The fourth-order valence-electron chi connectivity index (χ4n) is 15.3. The molecular formula is C78H44. The topological polar surface area (TPSA) is 0 Å². The maximum absolute atomic E-state index is 2.53. The lowest BCUT2D eigenvalue weighted by molar-refractivity contribution is 1.13. The SMILES string of the molecule is C1=c2c(c3c4ccc5cc4c4ccccc4c3c3ccc(cc23)c2ccc3c(c2)c2ccccc2c2c4ccc(cc4c4ccccc4c32)c2ccc3c(c2)c2ccccc2c2c4ccc5cc4c4ccccc4c32)=CCC1. The van der Waals surface area contributed by atoms with Crippen LogP contribution in [-0.4, -0.2) is 0 Å². The fraction of sp³-hybridized carbons (Fsp3) is 0.0256. The molecule has 36 aromatic rings. The molecule has 0 heterocycles. The molecule has 0 unspecified atom stereocenters. The Morgan fingerprint density at radius 2 is 0.359 bits per heavy atom. The van der Waals surface area contributed by atoms with Crippen molar-refractivity contribution < 1.29 is 0 Å². The molecule has 36 aromatic carbocycles. The maximum Gasteiger partial charge on any atom is -0.00139 e. The van der Waals surface area contributed by atoms with Crippen molar-refractivity contribution in [3.8, 4) is 0 Å². The molecule has 0 atom stereocenters. The Bertz CT molecular complexity index is 6030. The molecular weight excluding hydrogens is 937 g/mol. The first kappa shape index (κ1) is 41.4. The van der Waals surface area contributed by atoms with Crippen LogP contribution in [0.1, 0.15) is 12.8 Å². The van der Waals surface area contributed by atoms with Gasteiger partial charge < -0.3 is 0 Å². The zero-order valence-electron chi connectivity index (χ0n) is 42.5. The van der Waals surface area contributed by atoms with Gasteiger partial charge in [-0.3, -0.25) is 0 Å². The van der Waals surface area contributed by atoms with Crippen molar-refractivity contribution >= 4 is 195 Å². The van der Waals surface area contributed by atoms with Gasteiger partial charge in [0, 0.05) is 0 Å². The molecule has 0 radical (unpaired) electrons. The lowest BCUT2D eigenvalue weighted by Gasteiger charge is -2.18. The Morgan fingerprint density at radius 3 is 0.654 bits per heavy atom. The van der Waals surface area contributed by atoms with E-state index in [1.165, 1.54) is 194 Å². The van der Waals surface area contributed by atoms with Gasteiger partial charge in [0.25, 0.3) is 0 Å². The molecule has 0 aromatic heterocycles. The largest absolute Gasteiger partial charge is 0.0757 e. The summed E-state index contributed by atoms with van der Waals surface area (Å²) in [5, 5.41) is 46.5. The Morgan fingerprint density at radius 1 is 0.154 bits per heavy atom. The lowest BCUT2D eigenvalue weighted by atomic mass is 9.85. The average Bonchev–Trinajstić information content (AvgIpc) is 3.71. The van der Waals surface area contributed by atoms with E-state index in [0.29, 0.717) is 0 Å². The molecule has 0 N–H and O–H groups in total. The van der Waals surface area contributed by atoms with Gasteiger partial charge in [-0.05, 0) is 243 Å².